The second-order valence-electron chi connectivity index (χ2n) is 7.56. The normalized spacial score (nSPS) is 14.6. The highest BCUT2D eigenvalue weighted by Crippen LogP contribution is 2.25. The van der Waals surface area contributed by atoms with Crippen LogP contribution in [0.25, 0.3) is 22.5 Å². The number of nitrogens with one attached hydrogen (secondary N) is 5. The molecule has 2 amide bonds. The quantitative estimate of drug-likeness (QED) is 0.351. The Morgan fingerprint density at radius 3 is 2.79 bits per heavy atom. The summed E-state index contributed by atoms with van der Waals surface area (Å²) in [5.74, 6) is 0. The number of hydrogen-bond acceptors (Lipinski definition) is 5. The van der Waals surface area contributed by atoms with Crippen molar-refractivity contribution in [2.75, 3.05) is 25.0 Å². The van der Waals surface area contributed by atoms with E-state index >= 15 is 0 Å². The Bertz CT molecular complexity index is 1200. The number of hydrogen-bond donors (Lipinski definition) is 5. The van der Waals surface area contributed by atoms with Crippen molar-refractivity contribution in [3.63, 3.8) is 0 Å². The SMILES string of the molecule is N=C/C(=C\NC1CNC1)c1ccn2c(-c3cccc(NC(=O)NCC(F)(F)F)c3)cnc2c1. The molecule has 0 bridgehead atoms. The van der Waals surface area contributed by atoms with Gasteiger partial charge in [0.2, 0.25) is 0 Å². The summed E-state index contributed by atoms with van der Waals surface area (Å²) in [6.45, 7) is 0.373. The van der Waals surface area contributed by atoms with E-state index in [0.29, 0.717) is 17.4 Å². The molecule has 1 aromatic carbocycles. The van der Waals surface area contributed by atoms with E-state index in [0.717, 1.165) is 35.5 Å². The summed E-state index contributed by atoms with van der Waals surface area (Å²) in [5, 5.41) is 18.4. The number of allylic oxidation sites excluding steroid dienone is 1. The lowest BCUT2D eigenvalue weighted by Gasteiger charge is -2.27. The topological polar surface area (TPSA) is 106 Å². The Kier molecular flexibility index (Phi) is 6.31. The summed E-state index contributed by atoms with van der Waals surface area (Å²) in [6, 6.07) is 9.92. The maximum Gasteiger partial charge on any atom is 0.405 e. The van der Waals surface area contributed by atoms with Crippen LogP contribution < -0.4 is 21.3 Å². The van der Waals surface area contributed by atoms with Crippen LogP contribution in [-0.2, 0) is 0 Å². The molecular weight excluding hydrogens is 435 g/mol. The molecule has 8 nitrogen and oxygen atoms in total. The molecule has 33 heavy (non-hydrogen) atoms. The Labute approximate surface area is 187 Å². The van der Waals surface area contributed by atoms with Crippen molar-refractivity contribution in [1.29, 1.82) is 5.41 Å². The summed E-state index contributed by atoms with van der Waals surface area (Å²) in [7, 11) is 0. The number of nitrogens with zero attached hydrogens (tertiary/aromatic N) is 2. The van der Waals surface area contributed by atoms with Gasteiger partial charge in [-0.15, -0.1) is 0 Å². The number of urea groups is 1. The number of amides is 2. The van der Waals surface area contributed by atoms with Crippen LogP contribution in [0.15, 0.2) is 55.0 Å². The van der Waals surface area contributed by atoms with E-state index in [4.69, 9.17) is 5.41 Å². The summed E-state index contributed by atoms with van der Waals surface area (Å²) in [6.07, 6.45) is 2.14. The summed E-state index contributed by atoms with van der Waals surface area (Å²) >= 11 is 0. The average molecular weight is 457 g/mol. The standard InChI is InChI=1S/C22H22F3N7O/c23-22(24,25)13-30-21(33)31-17-3-1-2-15(6-17)19-12-29-20-7-14(4-5-32(19)20)16(8-26)9-28-18-10-27-11-18/h1-9,12,18,26-28H,10-11,13H2,(H2,30,31,33)/b16-9+,26-8?. The van der Waals surface area contributed by atoms with Crippen LogP contribution in [0.5, 0.6) is 0 Å². The number of pyridine rings is 1. The van der Waals surface area contributed by atoms with Crippen molar-refractivity contribution < 1.29 is 18.0 Å². The first kappa shape index (κ1) is 22.3. The fourth-order valence-corrected chi connectivity index (χ4v) is 3.31. The minimum atomic E-state index is -4.48. The van der Waals surface area contributed by atoms with E-state index in [1.807, 2.05) is 35.0 Å². The average Bonchev–Trinajstić information content (AvgIpc) is 3.17. The maximum absolute atomic E-state index is 12.3. The van der Waals surface area contributed by atoms with Crippen LogP contribution in [0.1, 0.15) is 5.56 Å². The molecule has 0 unspecified atom stereocenters. The molecule has 4 rings (SSSR count). The van der Waals surface area contributed by atoms with Gasteiger partial charge in [-0.3, -0.25) is 4.40 Å². The van der Waals surface area contributed by atoms with Gasteiger partial charge in [0.25, 0.3) is 0 Å². The summed E-state index contributed by atoms with van der Waals surface area (Å²) in [5.41, 5.74) is 4.06. The van der Waals surface area contributed by atoms with Crippen LogP contribution in [0.2, 0.25) is 0 Å². The zero-order valence-electron chi connectivity index (χ0n) is 17.4. The predicted molar refractivity (Wildman–Crippen MR) is 120 cm³/mol. The zero-order valence-corrected chi connectivity index (χ0v) is 17.4. The molecule has 1 fully saturated rings. The molecule has 5 N–H and O–H groups in total. The smallest absolute Gasteiger partial charge is 0.385 e. The first-order valence-electron chi connectivity index (χ1n) is 10.2. The number of carbonyl (C=O) groups excluding carboxylic acids is 1. The minimum absolute atomic E-state index is 0.351. The van der Waals surface area contributed by atoms with Gasteiger partial charge in [-0.25, -0.2) is 9.78 Å². The lowest BCUT2D eigenvalue weighted by Crippen LogP contribution is -2.53. The highest BCUT2D eigenvalue weighted by atomic mass is 19.4. The highest BCUT2D eigenvalue weighted by molar-refractivity contribution is 6.08. The first-order chi connectivity index (χ1) is 15.8. The number of imidazole rings is 1. The van der Waals surface area contributed by atoms with E-state index in [9.17, 15) is 18.0 Å². The Balaban J connectivity index is 1.52. The van der Waals surface area contributed by atoms with E-state index in [-0.39, 0.29) is 0 Å². The summed E-state index contributed by atoms with van der Waals surface area (Å²) < 4.78 is 38.7. The number of aromatic nitrogens is 2. The predicted octanol–water partition coefficient (Wildman–Crippen LogP) is 3.24. The Morgan fingerprint density at radius 2 is 2.09 bits per heavy atom. The molecule has 0 spiro atoms. The minimum Gasteiger partial charge on any atom is -0.385 e. The number of alkyl halides is 3. The van der Waals surface area contributed by atoms with E-state index in [1.165, 1.54) is 6.21 Å². The van der Waals surface area contributed by atoms with Crippen molar-refractivity contribution >= 4 is 29.2 Å². The van der Waals surface area contributed by atoms with Gasteiger partial charge >= 0.3 is 12.2 Å². The third-order valence-corrected chi connectivity index (χ3v) is 5.12. The largest absolute Gasteiger partial charge is 0.405 e. The fraction of sp³-hybridized carbons (Fsp3) is 0.227. The molecule has 1 aliphatic heterocycles. The van der Waals surface area contributed by atoms with Crippen molar-refractivity contribution in [2.45, 2.75) is 12.2 Å². The van der Waals surface area contributed by atoms with Gasteiger partial charge in [0, 0.05) is 48.5 Å². The molecule has 0 radical (unpaired) electrons. The van der Waals surface area contributed by atoms with Gasteiger partial charge in [-0.1, -0.05) is 12.1 Å². The monoisotopic (exact) mass is 457 g/mol. The number of rotatable bonds is 7. The molecular formula is C22H22F3N7O. The van der Waals surface area contributed by atoms with E-state index in [1.54, 1.807) is 29.7 Å². The van der Waals surface area contributed by atoms with Crippen LogP contribution >= 0.6 is 0 Å². The molecule has 0 atom stereocenters. The van der Waals surface area contributed by atoms with Crippen LogP contribution in [0.3, 0.4) is 0 Å². The van der Waals surface area contributed by atoms with Crippen molar-refractivity contribution in [2.24, 2.45) is 0 Å². The van der Waals surface area contributed by atoms with Crippen molar-refractivity contribution in [3.05, 3.63) is 60.6 Å². The van der Waals surface area contributed by atoms with Gasteiger partial charge in [-0.2, -0.15) is 13.2 Å². The lowest BCUT2D eigenvalue weighted by atomic mass is 10.1. The molecule has 3 heterocycles. The third-order valence-electron chi connectivity index (χ3n) is 5.12. The molecule has 1 aliphatic rings. The Hall–Kier alpha value is -3.86. The molecule has 1 saturated heterocycles. The van der Waals surface area contributed by atoms with E-state index in [2.05, 4.69) is 20.9 Å². The third kappa shape index (κ3) is 5.50. The Morgan fingerprint density at radius 1 is 1.27 bits per heavy atom. The number of halogens is 3. The first-order valence-corrected chi connectivity index (χ1v) is 10.2. The van der Waals surface area contributed by atoms with Gasteiger partial charge in [0.15, 0.2) is 0 Å². The van der Waals surface area contributed by atoms with Crippen LogP contribution in [-0.4, -0.2) is 53.5 Å². The van der Waals surface area contributed by atoms with Crippen LogP contribution in [0.4, 0.5) is 23.7 Å². The lowest BCUT2D eigenvalue weighted by molar-refractivity contribution is -0.122. The molecule has 2 aromatic heterocycles. The molecule has 11 heteroatoms. The number of fused-ring (bicyclic) bond motifs is 1. The molecule has 172 valence electrons. The fourth-order valence-electron chi connectivity index (χ4n) is 3.31. The number of benzene rings is 1. The maximum atomic E-state index is 12.3. The van der Waals surface area contributed by atoms with Gasteiger partial charge in [0.05, 0.1) is 17.9 Å². The van der Waals surface area contributed by atoms with Crippen molar-refractivity contribution in [1.82, 2.24) is 25.3 Å². The summed E-state index contributed by atoms with van der Waals surface area (Å²) in [4.78, 5) is 16.2. The number of carbonyl (C=O) groups is 1. The molecule has 3 aromatic rings. The van der Waals surface area contributed by atoms with Gasteiger partial charge in [0.1, 0.15) is 12.2 Å². The van der Waals surface area contributed by atoms with E-state index < -0.39 is 18.8 Å². The highest BCUT2D eigenvalue weighted by Gasteiger charge is 2.27. The second-order valence-corrected chi connectivity index (χ2v) is 7.56. The van der Waals surface area contributed by atoms with Crippen molar-refractivity contribution in [3.8, 4) is 11.3 Å². The molecule has 0 aliphatic carbocycles. The van der Waals surface area contributed by atoms with Gasteiger partial charge in [-0.05, 0) is 29.8 Å². The van der Waals surface area contributed by atoms with Crippen LogP contribution in [0, 0.1) is 5.41 Å². The second kappa shape index (κ2) is 9.33. The molecule has 0 saturated carbocycles. The number of anilines is 1. The van der Waals surface area contributed by atoms with Gasteiger partial charge < -0.3 is 26.7 Å². The zero-order chi connectivity index (χ0) is 23.4.